The Balaban J connectivity index is 0.00000176. The largest absolute Gasteiger partial charge is 0.323 e. The molecule has 1 atom stereocenters. The average molecular weight is 328 g/mol. The number of hydrogen-bond donors (Lipinski definition) is 3. The monoisotopic (exact) mass is 327 g/mol. The van der Waals surface area contributed by atoms with E-state index < -0.39 is 11.6 Å². The van der Waals surface area contributed by atoms with Gasteiger partial charge in [0.15, 0.2) is 0 Å². The van der Waals surface area contributed by atoms with Gasteiger partial charge in [-0.25, -0.2) is 9.18 Å². The predicted octanol–water partition coefficient (Wildman–Crippen LogP) is 1.37. The topological polar surface area (TPSA) is 70.2 Å². The fraction of sp³-hybridized carbons (Fsp3) is 0.467. The molecule has 2 heterocycles. The van der Waals surface area contributed by atoms with Crippen LogP contribution in [-0.2, 0) is 11.2 Å². The molecule has 1 aromatic carbocycles. The van der Waals surface area contributed by atoms with Crippen molar-refractivity contribution in [2.24, 2.45) is 5.92 Å². The summed E-state index contributed by atoms with van der Waals surface area (Å²) >= 11 is 0. The quantitative estimate of drug-likeness (QED) is 0.734. The van der Waals surface area contributed by atoms with E-state index in [2.05, 4.69) is 16.0 Å². The van der Waals surface area contributed by atoms with Crippen molar-refractivity contribution < 1.29 is 14.0 Å². The molecule has 5 nitrogen and oxygen atoms in total. The summed E-state index contributed by atoms with van der Waals surface area (Å²) in [5.41, 5.74) is -0.252. The second-order valence-corrected chi connectivity index (χ2v) is 5.71. The second kappa shape index (κ2) is 6.62. The van der Waals surface area contributed by atoms with Crippen molar-refractivity contribution in [3.8, 4) is 0 Å². The lowest BCUT2D eigenvalue weighted by molar-refractivity contribution is -0.126. The number of benzene rings is 1. The summed E-state index contributed by atoms with van der Waals surface area (Å²) in [4.78, 5) is 24.0. The summed E-state index contributed by atoms with van der Waals surface area (Å²) in [6, 6.07) is 5.73. The normalized spacial score (nSPS) is 25.3. The van der Waals surface area contributed by atoms with Gasteiger partial charge in [0.05, 0.1) is 0 Å². The number of halogens is 2. The van der Waals surface area contributed by atoms with Crippen molar-refractivity contribution >= 4 is 24.3 Å². The van der Waals surface area contributed by atoms with Crippen LogP contribution in [0.5, 0.6) is 0 Å². The maximum atomic E-state index is 13.4. The molecule has 0 aromatic heterocycles. The van der Waals surface area contributed by atoms with Crippen LogP contribution in [0.4, 0.5) is 9.18 Å². The lowest BCUT2D eigenvalue weighted by atomic mass is 9.74. The van der Waals surface area contributed by atoms with Gasteiger partial charge >= 0.3 is 6.03 Å². The summed E-state index contributed by atoms with van der Waals surface area (Å²) in [6.07, 6.45) is 1.93. The fourth-order valence-corrected chi connectivity index (χ4v) is 3.35. The maximum Gasteiger partial charge on any atom is 0.322 e. The first-order valence-corrected chi connectivity index (χ1v) is 7.19. The number of carbonyl (C=O) groups is 2. The van der Waals surface area contributed by atoms with E-state index in [1.165, 1.54) is 12.1 Å². The molecule has 0 bridgehead atoms. The number of piperidine rings is 1. The van der Waals surface area contributed by atoms with Crippen LogP contribution in [-0.4, -0.2) is 30.6 Å². The molecule has 120 valence electrons. The minimum absolute atomic E-state index is 0. The van der Waals surface area contributed by atoms with E-state index in [1.807, 2.05) is 0 Å². The Labute approximate surface area is 134 Å². The van der Waals surface area contributed by atoms with Crippen molar-refractivity contribution in [2.75, 3.05) is 13.1 Å². The smallest absolute Gasteiger partial charge is 0.322 e. The van der Waals surface area contributed by atoms with Gasteiger partial charge in [0.25, 0.3) is 5.91 Å². The SMILES string of the molecule is Cl.O=C1NC(=O)C(Cc2cccc(F)c2)(C2CCNCC2)N1. The number of amides is 3. The van der Waals surface area contributed by atoms with E-state index in [9.17, 15) is 14.0 Å². The number of imide groups is 1. The van der Waals surface area contributed by atoms with Gasteiger partial charge in [-0.15, -0.1) is 12.4 Å². The van der Waals surface area contributed by atoms with Gasteiger partial charge in [-0.1, -0.05) is 12.1 Å². The van der Waals surface area contributed by atoms with Gasteiger partial charge < -0.3 is 10.6 Å². The Kier molecular flexibility index (Phi) is 5.03. The number of carbonyl (C=O) groups excluding carboxylic acids is 2. The third-order valence-electron chi connectivity index (χ3n) is 4.38. The highest BCUT2D eigenvalue weighted by Gasteiger charge is 2.51. The minimum atomic E-state index is -0.965. The van der Waals surface area contributed by atoms with E-state index in [1.54, 1.807) is 12.1 Å². The zero-order valence-corrected chi connectivity index (χ0v) is 12.8. The molecule has 3 amide bonds. The molecule has 2 saturated heterocycles. The standard InChI is InChI=1S/C15H18FN3O2.ClH/c16-12-3-1-2-10(8-12)9-15(11-4-6-17-7-5-11)13(20)18-14(21)19-15;/h1-3,8,11,17H,4-7,9H2,(H2,18,19,20,21);1H. The Bertz CT molecular complexity index is 578. The van der Waals surface area contributed by atoms with Crippen molar-refractivity contribution in [3.05, 3.63) is 35.6 Å². The van der Waals surface area contributed by atoms with Crippen LogP contribution in [0.25, 0.3) is 0 Å². The van der Waals surface area contributed by atoms with Crippen LogP contribution in [0.1, 0.15) is 18.4 Å². The summed E-state index contributed by atoms with van der Waals surface area (Å²) in [5.74, 6) is -0.588. The molecular formula is C15H19ClFN3O2. The maximum absolute atomic E-state index is 13.4. The van der Waals surface area contributed by atoms with Crippen LogP contribution in [0.2, 0.25) is 0 Å². The summed E-state index contributed by atoms with van der Waals surface area (Å²) in [6.45, 7) is 1.64. The lowest BCUT2D eigenvalue weighted by Crippen LogP contribution is -2.57. The van der Waals surface area contributed by atoms with E-state index >= 15 is 0 Å². The molecule has 0 aliphatic carbocycles. The zero-order chi connectivity index (χ0) is 14.9. The first-order valence-electron chi connectivity index (χ1n) is 7.19. The third kappa shape index (κ3) is 3.08. The molecule has 0 spiro atoms. The first-order chi connectivity index (χ1) is 10.1. The molecule has 3 rings (SSSR count). The van der Waals surface area contributed by atoms with Gasteiger partial charge in [-0.2, -0.15) is 0 Å². The average Bonchev–Trinajstić information content (AvgIpc) is 2.75. The van der Waals surface area contributed by atoms with Crippen LogP contribution in [0, 0.1) is 11.7 Å². The number of rotatable bonds is 3. The van der Waals surface area contributed by atoms with Crippen LogP contribution in [0.15, 0.2) is 24.3 Å². The number of nitrogens with one attached hydrogen (secondary N) is 3. The molecule has 7 heteroatoms. The first kappa shape index (κ1) is 16.7. The molecule has 1 aromatic rings. The van der Waals surface area contributed by atoms with Crippen molar-refractivity contribution in [2.45, 2.75) is 24.8 Å². The van der Waals surface area contributed by atoms with Crippen LogP contribution >= 0.6 is 12.4 Å². The van der Waals surface area contributed by atoms with Crippen LogP contribution < -0.4 is 16.0 Å². The molecule has 1 unspecified atom stereocenters. The number of hydrogen-bond acceptors (Lipinski definition) is 3. The summed E-state index contributed by atoms with van der Waals surface area (Å²) in [5, 5.41) is 8.39. The predicted molar refractivity (Wildman–Crippen MR) is 82.4 cm³/mol. The van der Waals surface area contributed by atoms with Gasteiger partial charge in [-0.05, 0) is 49.5 Å². The van der Waals surface area contributed by atoms with Gasteiger partial charge in [0.2, 0.25) is 0 Å². The van der Waals surface area contributed by atoms with Gasteiger partial charge in [-0.3, -0.25) is 10.1 Å². The molecule has 3 N–H and O–H groups in total. The van der Waals surface area contributed by atoms with E-state index in [0.717, 1.165) is 25.9 Å². The van der Waals surface area contributed by atoms with Crippen LogP contribution in [0.3, 0.4) is 0 Å². The summed E-state index contributed by atoms with van der Waals surface area (Å²) in [7, 11) is 0. The highest BCUT2D eigenvalue weighted by atomic mass is 35.5. The van der Waals surface area contributed by atoms with E-state index in [-0.39, 0.29) is 30.0 Å². The van der Waals surface area contributed by atoms with E-state index in [0.29, 0.717) is 12.0 Å². The Morgan fingerprint density at radius 1 is 1.23 bits per heavy atom. The molecule has 2 aliphatic rings. The second-order valence-electron chi connectivity index (χ2n) is 5.71. The van der Waals surface area contributed by atoms with Crippen molar-refractivity contribution in [1.82, 2.24) is 16.0 Å². The third-order valence-corrected chi connectivity index (χ3v) is 4.38. The molecule has 22 heavy (non-hydrogen) atoms. The Hall–Kier alpha value is -1.66. The highest BCUT2D eigenvalue weighted by molar-refractivity contribution is 6.07. The molecular weight excluding hydrogens is 309 g/mol. The molecule has 0 radical (unpaired) electrons. The number of urea groups is 1. The highest BCUT2D eigenvalue weighted by Crippen LogP contribution is 2.32. The molecule has 2 aliphatic heterocycles. The Morgan fingerprint density at radius 2 is 1.95 bits per heavy atom. The van der Waals surface area contributed by atoms with Crippen molar-refractivity contribution in [3.63, 3.8) is 0 Å². The lowest BCUT2D eigenvalue weighted by Gasteiger charge is -2.37. The molecule has 2 fully saturated rings. The van der Waals surface area contributed by atoms with Gasteiger partial charge in [0.1, 0.15) is 11.4 Å². The van der Waals surface area contributed by atoms with Gasteiger partial charge in [0, 0.05) is 6.42 Å². The molecule has 0 saturated carbocycles. The Morgan fingerprint density at radius 3 is 2.55 bits per heavy atom. The summed E-state index contributed by atoms with van der Waals surface area (Å²) < 4.78 is 13.4. The van der Waals surface area contributed by atoms with Crippen molar-refractivity contribution in [1.29, 1.82) is 0 Å². The van der Waals surface area contributed by atoms with E-state index in [4.69, 9.17) is 0 Å². The zero-order valence-electron chi connectivity index (χ0n) is 12.0. The minimum Gasteiger partial charge on any atom is -0.323 e. The fourth-order valence-electron chi connectivity index (χ4n) is 3.35.